The van der Waals surface area contributed by atoms with Gasteiger partial charge in [-0.05, 0) is 31.7 Å². The van der Waals surface area contributed by atoms with Crippen molar-refractivity contribution >= 4 is 0 Å². The fourth-order valence-electron chi connectivity index (χ4n) is 2.68. The Bertz CT molecular complexity index is 356. The van der Waals surface area contributed by atoms with Crippen LogP contribution < -0.4 is 10.5 Å². The number of nitrogens with two attached hydrogens (primary N) is 1. The van der Waals surface area contributed by atoms with Crippen LogP contribution in [0.15, 0.2) is 18.2 Å². The van der Waals surface area contributed by atoms with Crippen molar-refractivity contribution in [2.75, 3.05) is 7.11 Å². The van der Waals surface area contributed by atoms with Crippen LogP contribution in [0.3, 0.4) is 0 Å². The van der Waals surface area contributed by atoms with E-state index in [1.54, 1.807) is 7.11 Å². The Kier molecular flexibility index (Phi) is 3.49. The van der Waals surface area contributed by atoms with Gasteiger partial charge in [0.1, 0.15) is 5.75 Å². The molecule has 0 saturated heterocycles. The highest BCUT2D eigenvalue weighted by Gasteiger charge is 2.25. The molecule has 0 aromatic heterocycles. The molecule has 1 aliphatic rings. The van der Waals surface area contributed by atoms with Crippen molar-refractivity contribution in [2.24, 2.45) is 11.7 Å². The summed E-state index contributed by atoms with van der Waals surface area (Å²) in [6.45, 7) is 2.10. The Morgan fingerprint density at radius 1 is 1.31 bits per heavy atom. The average molecular weight is 219 g/mol. The summed E-state index contributed by atoms with van der Waals surface area (Å²) in [5.41, 5.74) is 8.79. The van der Waals surface area contributed by atoms with Gasteiger partial charge < -0.3 is 10.5 Å². The highest BCUT2D eigenvalue weighted by Crippen LogP contribution is 2.37. The second kappa shape index (κ2) is 4.88. The van der Waals surface area contributed by atoms with Crippen molar-refractivity contribution < 1.29 is 4.74 Å². The molecule has 2 heteroatoms. The van der Waals surface area contributed by atoms with E-state index in [-0.39, 0.29) is 6.04 Å². The van der Waals surface area contributed by atoms with E-state index in [1.165, 1.54) is 36.8 Å². The van der Waals surface area contributed by atoms with Gasteiger partial charge in [-0.2, -0.15) is 0 Å². The summed E-state index contributed by atoms with van der Waals surface area (Å²) < 4.78 is 5.40. The number of aryl methyl sites for hydroxylation is 1. The van der Waals surface area contributed by atoms with Crippen LogP contribution in [0, 0.1) is 12.8 Å². The molecule has 0 bridgehead atoms. The van der Waals surface area contributed by atoms with Crippen LogP contribution in [0.25, 0.3) is 0 Å². The highest BCUT2D eigenvalue weighted by atomic mass is 16.5. The quantitative estimate of drug-likeness (QED) is 0.847. The van der Waals surface area contributed by atoms with Crippen molar-refractivity contribution in [3.8, 4) is 5.75 Å². The first-order valence-electron chi connectivity index (χ1n) is 6.12. The van der Waals surface area contributed by atoms with Gasteiger partial charge in [0.15, 0.2) is 0 Å². The van der Waals surface area contributed by atoms with E-state index in [0.29, 0.717) is 5.92 Å². The predicted molar refractivity (Wildman–Crippen MR) is 66.6 cm³/mol. The van der Waals surface area contributed by atoms with Gasteiger partial charge in [0, 0.05) is 11.6 Å². The topological polar surface area (TPSA) is 35.2 Å². The maximum atomic E-state index is 6.37. The van der Waals surface area contributed by atoms with Gasteiger partial charge in [-0.3, -0.25) is 0 Å². The zero-order chi connectivity index (χ0) is 11.5. The number of rotatable bonds is 3. The number of hydrogen-bond acceptors (Lipinski definition) is 2. The van der Waals surface area contributed by atoms with Crippen molar-refractivity contribution in [3.05, 3.63) is 29.3 Å². The van der Waals surface area contributed by atoms with Gasteiger partial charge in [0.05, 0.1) is 7.11 Å². The zero-order valence-electron chi connectivity index (χ0n) is 10.2. The number of methoxy groups -OCH3 is 1. The summed E-state index contributed by atoms with van der Waals surface area (Å²) in [5.74, 6) is 1.57. The first-order valence-corrected chi connectivity index (χ1v) is 6.12. The fraction of sp³-hybridized carbons (Fsp3) is 0.571. The highest BCUT2D eigenvalue weighted by molar-refractivity contribution is 5.39. The third kappa shape index (κ3) is 2.22. The average Bonchev–Trinajstić information content (AvgIpc) is 2.81. The standard InChI is InChI=1S/C14H21NO/c1-10-7-8-13(16-2)12(9-10)14(15)11-5-3-4-6-11/h7-9,11,14H,3-6,15H2,1-2H3. The lowest BCUT2D eigenvalue weighted by atomic mass is 9.91. The molecule has 88 valence electrons. The monoisotopic (exact) mass is 219 g/mol. The number of benzene rings is 1. The van der Waals surface area contributed by atoms with Crippen LogP contribution in [0.1, 0.15) is 42.9 Å². The molecule has 1 aromatic rings. The molecule has 0 spiro atoms. The van der Waals surface area contributed by atoms with E-state index in [4.69, 9.17) is 10.5 Å². The van der Waals surface area contributed by atoms with Gasteiger partial charge in [-0.15, -0.1) is 0 Å². The first kappa shape index (κ1) is 11.5. The molecule has 0 aliphatic heterocycles. The summed E-state index contributed by atoms with van der Waals surface area (Å²) in [5, 5.41) is 0. The molecule has 1 fully saturated rings. The van der Waals surface area contributed by atoms with Crippen molar-refractivity contribution in [1.82, 2.24) is 0 Å². The zero-order valence-corrected chi connectivity index (χ0v) is 10.2. The summed E-state index contributed by atoms with van der Waals surface area (Å²) in [6, 6.07) is 6.41. The minimum Gasteiger partial charge on any atom is -0.496 e. The third-order valence-electron chi connectivity index (χ3n) is 3.65. The van der Waals surface area contributed by atoms with Gasteiger partial charge in [0.25, 0.3) is 0 Å². The van der Waals surface area contributed by atoms with Crippen LogP contribution in [0.5, 0.6) is 5.75 Å². The first-order chi connectivity index (χ1) is 7.72. The molecular weight excluding hydrogens is 198 g/mol. The second-order valence-corrected chi connectivity index (χ2v) is 4.82. The van der Waals surface area contributed by atoms with Crippen LogP contribution in [-0.2, 0) is 0 Å². The summed E-state index contributed by atoms with van der Waals surface area (Å²) >= 11 is 0. The molecule has 1 atom stereocenters. The lowest BCUT2D eigenvalue weighted by molar-refractivity contribution is 0.385. The van der Waals surface area contributed by atoms with Crippen molar-refractivity contribution in [1.29, 1.82) is 0 Å². The van der Waals surface area contributed by atoms with E-state index in [9.17, 15) is 0 Å². The molecule has 0 radical (unpaired) electrons. The predicted octanol–water partition coefficient (Wildman–Crippen LogP) is 3.19. The van der Waals surface area contributed by atoms with Gasteiger partial charge >= 0.3 is 0 Å². The van der Waals surface area contributed by atoms with E-state index in [1.807, 2.05) is 6.07 Å². The lowest BCUT2D eigenvalue weighted by Gasteiger charge is -2.21. The summed E-state index contributed by atoms with van der Waals surface area (Å²) in [6.07, 6.45) is 5.18. The van der Waals surface area contributed by atoms with Gasteiger partial charge in [0.2, 0.25) is 0 Å². The molecule has 2 N–H and O–H groups in total. The maximum absolute atomic E-state index is 6.37. The number of ether oxygens (including phenoxy) is 1. The van der Waals surface area contributed by atoms with E-state index >= 15 is 0 Å². The third-order valence-corrected chi connectivity index (χ3v) is 3.65. The Labute approximate surface area is 97.8 Å². The molecule has 16 heavy (non-hydrogen) atoms. The SMILES string of the molecule is COc1ccc(C)cc1C(N)C1CCCC1. The molecule has 1 saturated carbocycles. The molecule has 1 aromatic carbocycles. The molecular formula is C14H21NO. The molecule has 2 rings (SSSR count). The number of hydrogen-bond donors (Lipinski definition) is 1. The smallest absolute Gasteiger partial charge is 0.123 e. The van der Waals surface area contributed by atoms with Gasteiger partial charge in [-0.25, -0.2) is 0 Å². The Balaban J connectivity index is 2.26. The maximum Gasteiger partial charge on any atom is 0.123 e. The Hall–Kier alpha value is -1.02. The Morgan fingerprint density at radius 2 is 2.00 bits per heavy atom. The minimum absolute atomic E-state index is 0.136. The van der Waals surface area contributed by atoms with E-state index in [2.05, 4.69) is 19.1 Å². The molecule has 2 nitrogen and oxygen atoms in total. The summed E-state index contributed by atoms with van der Waals surface area (Å²) in [7, 11) is 1.72. The van der Waals surface area contributed by atoms with Crippen LogP contribution >= 0.6 is 0 Å². The normalized spacial score (nSPS) is 18.7. The van der Waals surface area contributed by atoms with Crippen LogP contribution in [-0.4, -0.2) is 7.11 Å². The Morgan fingerprint density at radius 3 is 2.62 bits per heavy atom. The largest absolute Gasteiger partial charge is 0.496 e. The molecule has 1 aliphatic carbocycles. The van der Waals surface area contributed by atoms with E-state index in [0.717, 1.165) is 5.75 Å². The van der Waals surface area contributed by atoms with Crippen LogP contribution in [0.2, 0.25) is 0 Å². The second-order valence-electron chi connectivity index (χ2n) is 4.82. The van der Waals surface area contributed by atoms with Gasteiger partial charge in [-0.1, -0.05) is 30.5 Å². The lowest BCUT2D eigenvalue weighted by Crippen LogP contribution is -2.20. The van der Waals surface area contributed by atoms with Crippen molar-refractivity contribution in [3.63, 3.8) is 0 Å². The fourth-order valence-corrected chi connectivity index (χ4v) is 2.68. The van der Waals surface area contributed by atoms with E-state index < -0.39 is 0 Å². The molecule has 0 amide bonds. The molecule has 1 unspecified atom stereocenters. The summed E-state index contributed by atoms with van der Waals surface area (Å²) in [4.78, 5) is 0. The molecule has 0 heterocycles. The minimum atomic E-state index is 0.136. The van der Waals surface area contributed by atoms with Crippen molar-refractivity contribution in [2.45, 2.75) is 38.6 Å². The van der Waals surface area contributed by atoms with Crippen LogP contribution in [0.4, 0.5) is 0 Å².